The predicted molar refractivity (Wildman–Crippen MR) is 62.9 cm³/mol. The van der Waals surface area contributed by atoms with Gasteiger partial charge in [0.15, 0.2) is 5.78 Å². The first-order chi connectivity index (χ1) is 6.59. The molecule has 0 atom stereocenters. The number of halogens is 3. The average molecular weight is 294 g/mol. The van der Waals surface area contributed by atoms with Crippen molar-refractivity contribution in [2.75, 3.05) is 0 Å². The molecule has 4 heteroatoms. The van der Waals surface area contributed by atoms with Gasteiger partial charge in [0.2, 0.25) is 0 Å². The molecule has 0 aliphatic heterocycles. The molecule has 0 unspecified atom stereocenters. The molecule has 0 bridgehead atoms. The van der Waals surface area contributed by atoms with Crippen LogP contribution in [-0.4, -0.2) is 5.78 Å². The fourth-order valence-corrected chi connectivity index (χ4v) is 1.34. The number of rotatable bonds is 3. The van der Waals surface area contributed by atoms with Crippen LogP contribution in [-0.2, 0) is 0 Å². The van der Waals surface area contributed by atoms with E-state index >= 15 is 0 Å². The van der Waals surface area contributed by atoms with E-state index in [0.29, 0.717) is 5.56 Å². The molecule has 0 saturated heterocycles. The maximum atomic E-state index is 11.5. The Bertz CT molecular complexity index is 353. The largest absolute Gasteiger partial charge is 0.294 e. The minimum absolute atomic E-state index is 0.00343. The van der Waals surface area contributed by atoms with E-state index in [1.807, 2.05) is 12.1 Å². The zero-order valence-electron chi connectivity index (χ0n) is 7.14. The van der Waals surface area contributed by atoms with E-state index in [4.69, 9.17) is 23.2 Å². The van der Waals surface area contributed by atoms with E-state index in [9.17, 15) is 4.79 Å². The zero-order valence-corrected chi connectivity index (χ0v) is 10.2. The third-order valence-electron chi connectivity index (χ3n) is 1.61. The van der Waals surface area contributed by atoms with Gasteiger partial charge < -0.3 is 0 Å². The van der Waals surface area contributed by atoms with E-state index in [-0.39, 0.29) is 16.7 Å². The van der Waals surface area contributed by atoms with E-state index in [1.54, 1.807) is 12.1 Å². The molecule has 0 aromatic heterocycles. The molecule has 1 aromatic carbocycles. The highest BCUT2D eigenvalue weighted by atomic mass is 79.9. The maximum absolute atomic E-state index is 11.5. The van der Waals surface area contributed by atoms with E-state index in [0.717, 1.165) is 4.47 Å². The van der Waals surface area contributed by atoms with Crippen LogP contribution in [0.1, 0.15) is 16.8 Å². The smallest absolute Gasteiger partial charge is 0.166 e. The van der Waals surface area contributed by atoms with Gasteiger partial charge in [-0.3, -0.25) is 4.79 Å². The van der Waals surface area contributed by atoms with Gasteiger partial charge in [-0.1, -0.05) is 51.3 Å². The van der Waals surface area contributed by atoms with Crippen LogP contribution in [0.5, 0.6) is 0 Å². The molecule has 74 valence electrons. The summed E-state index contributed by atoms with van der Waals surface area (Å²) in [5.41, 5.74) is 0.652. The summed E-state index contributed by atoms with van der Waals surface area (Å²) in [6.07, 6.45) is 1.71. The first-order valence-corrected chi connectivity index (χ1v) is 5.44. The van der Waals surface area contributed by atoms with Crippen molar-refractivity contribution in [3.63, 3.8) is 0 Å². The highest BCUT2D eigenvalue weighted by Crippen LogP contribution is 2.14. The monoisotopic (exact) mass is 292 g/mol. The summed E-state index contributed by atoms with van der Waals surface area (Å²) >= 11 is 14.1. The fraction of sp³-hybridized carbons (Fsp3) is 0.100. The number of hydrogen-bond acceptors (Lipinski definition) is 1. The Kier molecular flexibility index (Phi) is 4.66. The number of Topliss-reactive ketones (excluding diaryl/α,β-unsaturated/α-hetero) is 1. The molecule has 1 nitrogen and oxygen atoms in total. The van der Waals surface area contributed by atoms with Gasteiger partial charge in [-0.25, -0.2) is 0 Å². The molecule has 0 N–H and O–H groups in total. The second-order valence-corrected chi connectivity index (χ2v) is 4.55. The Morgan fingerprint density at radius 1 is 1.29 bits per heavy atom. The summed E-state index contributed by atoms with van der Waals surface area (Å²) in [4.78, 5) is 11.5. The summed E-state index contributed by atoms with van der Waals surface area (Å²) < 4.78 is 1.07. The van der Waals surface area contributed by atoms with Gasteiger partial charge in [0.25, 0.3) is 0 Å². The molecule has 0 saturated carbocycles. The average Bonchev–Trinajstić information content (AvgIpc) is 2.15. The number of ketones is 1. The van der Waals surface area contributed by atoms with Crippen molar-refractivity contribution in [3.8, 4) is 0 Å². The topological polar surface area (TPSA) is 17.1 Å². The van der Waals surface area contributed by atoms with Gasteiger partial charge in [-0.15, -0.1) is 0 Å². The molecular weight excluding hydrogens is 287 g/mol. The number of hydrogen-bond donors (Lipinski definition) is 0. The lowest BCUT2D eigenvalue weighted by atomic mass is 10.1. The lowest BCUT2D eigenvalue weighted by Gasteiger charge is -1.97. The number of carbonyl (C=O) groups excluding carboxylic acids is 1. The minimum Gasteiger partial charge on any atom is -0.294 e. The molecular formula is C10H7BrCl2O. The van der Waals surface area contributed by atoms with Gasteiger partial charge >= 0.3 is 0 Å². The van der Waals surface area contributed by atoms with E-state index < -0.39 is 0 Å². The van der Waals surface area contributed by atoms with Crippen LogP contribution in [0.25, 0.3) is 0 Å². The van der Waals surface area contributed by atoms with Crippen molar-refractivity contribution >= 4 is 44.9 Å². The van der Waals surface area contributed by atoms with Crippen molar-refractivity contribution in [3.05, 3.63) is 44.9 Å². The number of benzene rings is 1. The third-order valence-corrected chi connectivity index (χ3v) is 2.45. The molecule has 1 aromatic rings. The van der Waals surface area contributed by atoms with Crippen LogP contribution in [0.3, 0.4) is 0 Å². The van der Waals surface area contributed by atoms with Crippen molar-refractivity contribution in [1.82, 2.24) is 0 Å². The highest BCUT2D eigenvalue weighted by Gasteiger charge is 2.03. The Morgan fingerprint density at radius 2 is 1.86 bits per heavy atom. The quantitative estimate of drug-likeness (QED) is 0.758. The Balaban J connectivity index is 2.70. The van der Waals surface area contributed by atoms with Crippen LogP contribution in [0.2, 0.25) is 0 Å². The normalized spacial score (nSPS) is 9.64. The summed E-state index contributed by atoms with van der Waals surface area (Å²) in [6, 6.07) is 7.14. The maximum Gasteiger partial charge on any atom is 0.166 e. The molecule has 0 amide bonds. The van der Waals surface area contributed by atoms with Crippen molar-refractivity contribution < 1.29 is 4.79 Å². The lowest BCUT2D eigenvalue weighted by Crippen LogP contribution is -1.96. The van der Waals surface area contributed by atoms with Crippen molar-refractivity contribution in [2.45, 2.75) is 6.42 Å². The molecule has 14 heavy (non-hydrogen) atoms. The van der Waals surface area contributed by atoms with Gasteiger partial charge in [0.1, 0.15) is 4.49 Å². The second kappa shape index (κ2) is 5.54. The standard InChI is InChI=1S/C10H7BrCl2O/c11-8-3-1-7(2-4-8)9(14)5-6-10(12)13/h1-4,6H,5H2. The Labute approximate surface area is 101 Å². The molecule has 0 aliphatic carbocycles. The molecule has 0 fully saturated rings. The van der Waals surface area contributed by atoms with Gasteiger partial charge in [-0.2, -0.15) is 0 Å². The van der Waals surface area contributed by atoms with Gasteiger partial charge in [-0.05, 0) is 18.2 Å². The highest BCUT2D eigenvalue weighted by molar-refractivity contribution is 9.10. The molecule has 0 aliphatic rings. The van der Waals surface area contributed by atoms with Crippen molar-refractivity contribution in [1.29, 1.82) is 0 Å². The van der Waals surface area contributed by atoms with Crippen LogP contribution in [0.4, 0.5) is 0 Å². The minimum atomic E-state index is -0.00343. The molecule has 0 heterocycles. The van der Waals surface area contributed by atoms with Gasteiger partial charge in [0.05, 0.1) is 0 Å². The van der Waals surface area contributed by atoms with Gasteiger partial charge in [0, 0.05) is 16.5 Å². The third kappa shape index (κ3) is 3.82. The Morgan fingerprint density at radius 3 is 2.36 bits per heavy atom. The van der Waals surface area contributed by atoms with Crippen molar-refractivity contribution in [2.24, 2.45) is 0 Å². The van der Waals surface area contributed by atoms with Crippen LogP contribution in [0, 0.1) is 0 Å². The second-order valence-electron chi connectivity index (χ2n) is 2.63. The van der Waals surface area contributed by atoms with Crippen LogP contribution >= 0.6 is 39.1 Å². The number of allylic oxidation sites excluding steroid dienone is 1. The van der Waals surface area contributed by atoms with Crippen LogP contribution in [0.15, 0.2) is 39.3 Å². The first kappa shape index (κ1) is 11.8. The zero-order chi connectivity index (χ0) is 10.6. The number of carbonyl (C=O) groups is 1. The molecule has 0 spiro atoms. The Hall–Kier alpha value is -0.310. The lowest BCUT2D eigenvalue weighted by molar-refractivity contribution is 0.0996. The SMILES string of the molecule is O=C(CC=C(Cl)Cl)c1ccc(Br)cc1. The summed E-state index contributed by atoms with van der Waals surface area (Å²) in [5.74, 6) is -0.00343. The summed E-state index contributed by atoms with van der Waals surface area (Å²) in [6.45, 7) is 0. The first-order valence-electron chi connectivity index (χ1n) is 3.89. The van der Waals surface area contributed by atoms with E-state index in [2.05, 4.69) is 15.9 Å². The van der Waals surface area contributed by atoms with Crippen LogP contribution < -0.4 is 0 Å². The van der Waals surface area contributed by atoms with E-state index in [1.165, 1.54) is 6.08 Å². The predicted octanol–water partition coefficient (Wildman–Crippen LogP) is 4.34. The fourth-order valence-electron chi connectivity index (χ4n) is 0.923. The summed E-state index contributed by atoms with van der Waals surface area (Å²) in [5, 5.41) is 0. The summed E-state index contributed by atoms with van der Waals surface area (Å²) in [7, 11) is 0. The molecule has 1 rings (SSSR count). The molecule has 0 radical (unpaired) electrons.